The number of nitrogens with zero attached hydrogens (tertiary/aromatic N) is 1. The van der Waals surface area contributed by atoms with Crippen LogP contribution in [0.2, 0.25) is 5.02 Å². The molecule has 1 aromatic carbocycles. The largest absolute Gasteiger partial charge is 0.504 e. The first kappa shape index (κ1) is 19.7. The van der Waals surface area contributed by atoms with Crippen LogP contribution >= 0.6 is 11.6 Å². The molecule has 7 nitrogen and oxygen atoms in total. The number of sulfone groups is 1. The highest BCUT2D eigenvalue weighted by Gasteiger charge is 2.38. The maximum absolute atomic E-state index is 13.0. The summed E-state index contributed by atoms with van der Waals surface area (Å²) in [5.74, 6) is -0.554. The van der Waals surface area contributed by atoms with Crippen LogP contribution in [0.5, 0.6) is 5.75 Å². The highest BCUT2D eigenvalue weighted by atomic mass is 35.5. The molecule has 0 spiro atoms. The molecule has 1 aromatic rings. The van der Waals surface area contributed by atoms with Gasteiger partial charge in [0.2, 0.25) is 0 Å². The van der Waals surface area contributed by atoms with E-state index in [9.17, 15) is 18.3 Å². The van der Waals surface area contributed by atoms with E-state index in [4.69, 9.17) is 22.1 Å². The van der Waals surface area contributed by atoms with Crippen LogP contribution < -0.4 is 5.73 Å². The van der Waals surface area contributed by atoms with Crippen LogP contribution in [0.15, 0.2) is 17.0 Å². The lowest BCUT2D eigenvalue weighted by molar-refractivity contribution is 0.0219. The predicted octanol–water partition coefficient (Wildman–Crippen LogP) is 2.80. The van der Waals surface area contributed by atoms with Crippen molar-refractivity contribution in [1.29, 1.82) is 0 Å². The zero-order valence-electron chi connectivity index (χ0n) is 14.5. The van der Waals surface area contributed by atoms with E-state index < -0.39 is 32.5 Å². The van der Waals surface area contributed by atoms with E-state index in [0.717, 1.165) is 0 Å². The molecule has 0 saturated carbocycles. The number of phenols is 1. The van der Waals surface area contributed by atoms with Crippen LogP contribution in [0.3, 0.4) is 0 Å². The van der Waals surface area contributed by atoms with E-state index in [1.54, 1.807) is 20.8 Å². The van der Waals surface area contributed by atoms with Gasteiger partial charge in [-0.1, -0.05) is 11.6 Å². The van der Waals surface area contributed by atoms with Crippen molar-refractivity contribution < 1.29 is 23.1 Å². The van der Waals surface area contributed by atoms with Gasteiger partial charge in [-0.3, -0.25) is 0 Å². The van der Waals surface area contributed by atoms with Gasteiger partial charge < -0.3 is 20.5 Å². The average molecular weight is 391 g/mol. The third kappa shape index (κ3) is 4.30. The van der Waals surface area contributed by atoms with E-state index in [-0.39, 0.29) is 22.2 Å². The molecule has 9 heteroatoms. The first-order valence-electron chi connectivity index (χ1n) is 7.92. The van der Waals surface area contributed by atoms with Gasteiger partial charge in [0, 0.05) is 13.1 Å². The number of nitrogen functional groups attached to an aromatic ring is 1. The summed E-state index contributed by atoms with van der Waals surface area (Å²) < 4.78 is 31.2. The molecule has 1 unspecified atom stereocenters. The molecular weight excluding hydrogens is 368 g/mol. The Morgan fingerprint density at radius 3 is 2.64 bits per heavy atom. The molecule has 0 aliphatic carbocycles. The fourth-order valence-corrected chi connectivity index (χ4v) is 5.07. The SMILES string of the molecule is CC(C)(C)OC(=O)N1CCCC(S(=O)(=O)c2c(Cl)ccc(N)c2O)C1. The normalized spacial score (nSPS) is 18.9. The minimum Gasteiger partial charge on any atom is -0.504 e. The average Bonchev–Trinajstić information content (AvgIpc) is 2.49. The summed E-state index contributed by atoms with van der Waals surface area (Å²) in [6.07, 6.45) is 0.297. The van der Waals surface area contributed by atoms with Crippen LogP contribution in [-0.2, 0) is 14.6 Å². The third-order valence-corrected chi connectivity index (χ3v) is 6.54. The third-order valence-electron chi connectivity index (χ3n) is 3.87. The van der Waals surface area contributed by atoms with Gasteiger partial charge in [-0.25, -0.2) is 13.2 Å². The summed E-state index contributed by atoms with van der Waals surface area (Å²) in [5.41, 5.74) is 4.87. The highest BCUT2D eigenvalue weighted by Crippen LogP contribution is 2.38. The second-order valence-corrected chi connectivity index (χ2v) is 9.62. The Hall–Kier alpha value is -1.67. The Balaban J connectivity index is 2.29. The number of halogens is 1. The Morgan fingerprint density at radius 1 is 1.40 bits per heavy atom. The lowest BCUT2D eigenvalue weighted by Gasteiger charge is -2.34. The van der Waals surface area contributed by atoms with Gasteiger partial charge in [0.1, 0.15) is 10.5 Å². The number of phenolic OH excluding ortho intramolecular Hbond substituents is 1. The fourth-order valence-electron chi connectivity index (χ4n) is 2.68. The van der Waals surface area contributed by atoms with E-state index in [1.807, 2.05) is 0 Å². The van der Waals surface area contributed by atoms with Crippen molar-refractivity contribution in [1.82, 2.24) is 4.90 Å². The number of nitrogens with two attached hydrogens (primary N) is 1. The van der Waals surface area contributed by atoms with Gasteiger partial charge in [0.05, 0.1) is 16.0 Å². The van der Waals surface area contributed by atoms with Gasteiger partial charge in [0.25, 0.3) is 0 Å². The van der Waals surface area contributed by atoms with Crippen molar-refractivity contribution in [3.05, 3.63) is 17.2 Å². The molecule has 0 bridgehead atoms. The van der Waals surface area contributed by atoms with Crippen LogP contribution in [0.1, 0.15) is 33.6 Å². The minimum absolute atomic E-state index is 0.0260. The Kier molecular flexibility index (Phi) is 5.44. The topological polar surface area (TPSA) is 110 Å². The standard InChI is InChI=1S/C16H23ClN2O5S/c1-16(2,3)24-15(21)19-8-4-5-10(9-19)25(22,23)14-11(17)6-7-12(18)13(14)20/h6-7,10,20H,4-5,8-9,18H2,1-3H3. The lowest BCUT2D eigenvalue weighted by Crippen LogP contribution is -2.47. The fraction of sp³-hybridized carbons (Fsp3) is 0.562. The number of amides is 1. The van der Waals surface area contributed by atoms with Crippen molar-refractivity contribution >= 4 is 33.2 Å². The number of piperidine rings is 1. The first-order chi connectivity index (χ1) is 11.4. The highest BCUT2D eigenvalue weighted by molar-refractivity contribution is 7.92. The molecular formula is C16H23ClN2O5S. The molecule has 1 aliphatic heterocycles. The number of carbonyl (C=O) groups excluding carboxylic acids is 1. The number of benzene rings is 1. The van der Waals surface area contributed by atoms with E-state index in [0.29, 0.717) is 19.4 Å². The van der Waals surface area contributed by atoms with Crippen molar-refractivity contribution in [2.45, 2.75) is 49.4 Å². The molecule has 1 saturated heterocycles. The van der Waals surface area contributed by atoms with Crippen LogP contribution in [0, 0.1) is 0 Å². The van der Waals surface area contributed by atoms with Crippen LogP contribution in [0.4, 0.5) is 10.5 Å². The van der Waals surface area contributed by atoms with Crippen molar-refractivity contribution in [2.24, 2.45) is 0 Å². The predicted molar refractivity (Wildman–Crippen MR) is 95.5 cm³/mol. The minimum atomic E-state index is -3.97. The van der Waals surface area contributed by atoms with Gasteiger partial charge in [0.15, 0.2) is 15.6 Å². The quantitative estimate of drug-likeness (QED) is 0.593. The molecule has 3 N–H and O–H groups in total. The summed E-state index contributed by atoms with van der Waals surface area (Å²) in [6.45, 7) is 5.62. The summed E-state index contributed by atoms with van der Waals surface area (Å²) in [7, 11) is -3.97. The Morgan fingerprint density at radius 2 is 2.04 bits per heavy atom. The molecule has 1 heterocycles. The zero-order chi connectivity index (χ0) is 19.0. The Labute approximate surface area is 152 Å². The summed E-state index contributed by atoms with van der Waals surface area (Å²) in [5, 5.41) is 9.09. The second-order valence-electron chi connectivity index (χ2n) is 7.05. The van der Waals surface area contributed by atoms with Crippen molar-refractivity contribution in [3.8, 4) is 5.75 Å². The zero-order valence-corrected chi connectivity index (χ0v) is 16.0. The number of hydrogen-bond donors (Lipinski definition) is 2. The van der Waals surface area contributed by atoms with Crippen LogP contribution in [-0.4, -0.2) is 48.5 Å². The number of ether oxygens (including phenoxy) is 1. The van der Waals surface area contributed by atoms with E-state index in [1.165, 1.54) is 17.0 Å². The summed E-state index contributed by atoms with van der Waals surface area (Å²) in [6, 6.07) is 2.67. The van der Waals surface area contributed by atoms with Gasteiger partial charge >= 0.3 is 6.09 Å². The number of carbonyl (C=O) groups is 1. The molecule has 1 atom stereocenters. The molecule has 140 valence electrons. The number of aromatic hydroxyl groups is 1. The summed E-state index contributed by atoms with van der Waals surface area (Å²) in [4.78, 5) is 13.2. The molecule has 1 amide bonds. The molecule has 1 fully saturated rings. The number of anilines is 1. The number of likely N-dealkylation sites (tertiary alicyclic amines) is 1. The number of hydrogen-bond acceptors (Lipinski definition) is 6. The van der Waals surface area contributed by atoms with Gasteiger partial charge in [-0.15, -0.1) is 0 Å². The van der Waals surface area contributed by atoms with Gasteiger partial charge in [-0.05, 0) is 45.7 Å². The van der Waals surface area contributed by atoms with Crippen molar-refractivity contribution in [3.63, 3.8) is 0 Å². The molecule has 1 aliphatic rings. The van der Waals surface area contributed by atoms with Gasteiger partial charge in [-0.2, -0.15) is 0 Å². The van der Waals surface area contributed by atoms with Crippen molar-refractivity contribution in [2.75, 3.05) is 18.8 Å². The lowest BCUT2D eigenvalue weighted by atomic mass is 10.1. The van der Waals surface area contributed by atoms with E-state index >= 15 is 0 Å². The maximum atomic E-state index is 13.0. The molecule has 25 heavy (non-hydrogen) atoms. The monoisotopic (exact) mass is 390 g/mol. The second kappa shape index (κ2) is 6.92. The molecule has 0 radical (unpaired) electrons. The number of rotatable bonds is 2. The Bertz CT molecular complexity index is 773. The molecule has 0 aromatic heterocycles. The van der Waals surface area contributed by atoms with Crippen LogP contribution in [0.25, 0.3) is 0 Å². The maximum Gasteiger partial charge on any atom is 0.410 e. The smallest absolute Gasteiger partial charge is 0.410 e. The first-order valence-corrected chi connectivity index (χ1v) is 9.84. The molecule has 2 rings (SSSR count). The van der Waals surface area contributed by atoms with E-state index in [2.05, 4.69) is 0 Å². The summed E-state index contributed by atoms with van der Waals surface area (Å²) >= 11 is 5.99.